The third-order valence-electron chi connectivity index (χ3n) is 4.30. The van der Waals surface area contributed by atoms with Crippen molar-refractivity contribution < 1.29 is 14.3 Å². The van der Waals surface area contributed by atoms with Crippen molar-refractivity contribution in [2.75, 3.05) is 0 Å². The first-order valence-corrected chi connectivity index (χ1v) is 5.81. The lowest BCUT2D eigenvalue weighted by Crippen LogP contribution is -2.56. The summed E-state index contributed by atoms with van der Waals surface area (Å²) in [5.41, 5.74) is -0.268. The van der Waals surface area contributed by atoms with Gasteiger partial charge in [0.1, 0.15) is 11.4 Å². The van der Waals surface area contributed by atoms with Gasteiger partial charge < -0.3 is 4.74 Å². The average molecular weight is 208 g/mol. The van der Waals surface area contributed by atoms with Gasteiger partial charge in [-0.2, -0.15) is 0 Å². The molecular weight excluding hydrogens is 192 g/mol. The van der Waals surface area contributed by atoms with Gasteiger partial charge in [-0.05, 0) is 38.0 Å². The van der Waals surface area contributed by atoms with E-state index in [-0.39, 0.29) is 23.4 Å². The Kier molecular flexibility index (Phi) is 1.77. The second kappa shape index (κ2) is 2.83. The predicted octanol–water partition coefficient (Wildman–Crippen LogP) is 1.70. The van der Waals surface area contributed by atoms with Crippen LogP contribution in [0.2, 0.25) is 0 Å². The Morgan fingerprint density at radius 2 is 1.87 bits per heavy atom. The molecular formula is C12H16O3. The third-order valence-corrected chi connectivity index (χ3v) is 4.30. The smallest absolute Gasteiger partial charge is 0.303 e. The molecule has 0 aromatic rings. The van der Waals surface area contributed by atoms with Crippen LogP contribution in [0.1, 0.15) is 39.0 Å². The van der Waals surface area contributed by atoms with Crippen LogP contribution in [0.25, 0.3) is 0 Å². The molecule has 0 unspecified atom stereocenters. The maximum atomic E-state index is 11.9. The molecule has 0 spiro atoms. The molecule has 15 heavy (non-hydrogen) atoms. The summed E-state index contributed by atoms with van der Waals surface area (Å²) >= 11 is 0. The van der Waals surface area contributed by atoms with Crippen LogP contribution in [0.15, 0.2) is 0 Å². The summed E-state index contributed by atoms with van der Waals surface area (Å²) in [6.45, 7) is 1.47. The molecule has 4 saturated carbocycles. The predicted molar refractivity (Wildman–Crippen MR) is 53.1 cm³/mol. The minimum Gasteiger partial charge on any atom is -0.459 e. The molecule has 82 valence electrons. The Morgan fingerprint density at radius 1 is 1.27 bits per heavy atom. The van der Waals surface area contributed by atoms with Gasteiger partial charge in [-0.15, -0.1) is 0 Å². The van der Waals surface area contributed by atoms with Gasteiger partial charge >= 0.3 is 5.97 Å². The Bertz CT molecular complexity index is 316. The summed E-state index contributed by atoms with van der Waals surface area (Å²) in [4.78, 5) is 23.0. The van der Waals surface area contributed by atoms with E-state index < -0.39 is 0 Å². The number of rotatable bonds is 1. The monoisotopic (exact) mass is 208 g/mol. The number of carbonyl (C=O) groups excluding carboxylic acids is 2. The number of hydrogen-bond donors (Lipinski definition) is 0. The van der Waals surface area contributed by atoms with Crippen LogP contribution in [-0.4, -0.2) is 17.4 Å². The lowest BCUT2D eigenvalue weighted by molar-refractivity contribution is -0.187. The highest BCUT2D eigenvalue weighted by molar-refractivity contribution is 5.86. The van der Waals surface area contributed by atoms with E-state index in [2.05, 4.69) is 0 Å². The summed E-state index contributed by atoms with van der Waals surface area (Å²) < 4.78 is 5.51. The minimum atomic E-state index is -0.268. The van der Waals surface area contributed by atoms with Crippen molar-refractivity contribution in [3.05, 3.63) is 0 Å². The van der Waals surface area contributed by atoms with E-state index in [1.54, 1.807) is 0 Å². The highest BCUT2D eigenvalue weighted by atomic mass is 16.6. The highest BCUT2D eigenvalue weighted by Crippen LogP contribution is 2.55. The van der Waals surface area contributed by atoms with Gasteiger partial charge in [-0.1, -0.05) is 0 Å². The molecule has 0 amide bonds. The maximum absolute atomic E-state index is 11.9. The fraction of sp³-hybridized carbons (Fsp3) is 0.833. The molecule has 4 rings (SSSR count). The molecule has 0 aliphatic heterocycles. The molecule has 2 atom stereocenters. The molecule has 0 radical (unpaired) electrons. The lowest BCUT2D eigenvalue weighted by Gasteiger charge is -2.54. The standard InChI is InChI=1S/C12H16O3/c1-7(13)15-12-4-8-2-9(5-12)11(14)10(3-8)6-12/h8-10H,2-6H2,1H3/t8?,9-,10-,12?/m0/s1. The van der Waals surface area contributed by atoms with Crippen LogP contribution in [-0.2, 0) is 14.3 Å². The van der Waals surface area contributed by atoms with Gasteiger partial charge in [-0.25, -0.2) is 0 Å². The van der Waals surface area contributed by atoms with E-state index in [0.29, 0.717) is 11.7 Å². The van der Waals surface area contributed by atoms with Crippen LogP contribution in [0, 0.1) is 17.8 Å². The van der Waals surface area contributed by atoms with Gasteiger partial charge in [0.05, 0.1) is 0 Å². The summed E-state index contributed by atoms with van der Waals surface area (Å²) in [6.07, 6.45) is 4.65. The van der Waals surface area contributed by atoms with Gasteiger partial charge in [0.25, 0.3) is 0 Å². The van der Waals surface area contributed by atoms with E-state index in [1.165, 1.54) is 6.92 Å². The van der Waals surface area contributed by atoms with Gasteiger partial charge in [0.15, 0.2) is 0 Å². The van der Waals surface area contributed by atoms with Crippen molar-refractivity contribution >= 4 is 11.8 Å². The third kappa shape index (κ3) is 1.32. The van der Waals surface area contributed by atoms with Crippen molar-refractivity contribution in [2.45, 2.75) is 44.6 Å². The summed E-state index contributed by atoms with van der Waals surface area (Å²) in [7, 11) is 0. The van der Waals surface area contributed by atoms with Crippen molar-refractivity contribution in [1.82, 2.24) is 0 Å². The van der Waals surface area contributed by atoms with E-state index in [1.807, 2.05) is 0 Å². The largest absolute Gasteiger partial charge is 0.459 e. The molecule has 0 aromatic heterocycles. The van der Waals surface area contributed by atoms with Crippen molar-refractivity contribution in [1.29, 1.82) is 0 Å². The molecule has 4 bridgehead atoms. The number of ether oxygens (including phenoxy) is 1. The molecule has 0 N–H and O–H groups in total. The van der Waals surface area contributed by atoms with E-state index in [4.69, 9.17) is 4.74 Å². The van der Waals surface area contributed by atoms with Gasteiger partial charge in [0.2, 0.25) is 0 Å². The topological polar surface area (TPSA) is 43.4 Å². The number of ketones is 1. The Labute approximate surface area is 89.2 Å². The zero-order chi connectivity index (χ0) is 10.6. The Morgan fingerprint density at radius 3 is 2.40 bits per heavy atom. The molecule has 4 aliphatic rings. The van der Waals surface area contributed by atoms with Crippen LogP contribution in [0.5, 0.6) is 0 Å². The molecule has 0 saturated heterocycles. The van der Waals surface area contributed by atoms with Crippen LogP contribution < -0.4 is 0 Å². The summed E-state index contributed by atoms with van der Waals surface area (Å²) in [6, 6.07) is 0. The molecule has 4 aliphatic carbocycles. The molecule has 4 fully saturated rings. The zero-order valence-corrected chi connectivity index (χ0v) is 8.99. The quantitative estimate of drug-likeness (QED) is 0.616. The van der Waals surface area contributed by atoms with Crippen molar-refractivity contribution in [2.24, 2.45) is 17.8 Å². The molecule has 0 heterocycles. The fourth-order valence-corrected chi connectivity index (χ4v) is 4.11. The van der Waals surface area contributed by atoms with Crippen LogP contribution >= 0.6 is 0 Å². The van der Waals surface area contributed by atoms with E-state index >= 15 is 0 Å². The highest BCUT2D eigenvalue weighted by Gasteiger charge is 2.56. The molecule has 3 heteroatoms. The second-order valence-electron chi connectivity index (χ2n) is 5.52. The molecule has 0 aromatic carbocycles. The number of carbonyl (C=O) groups is 2. The number of esters is 1. The Balaban J connectivity index is 1.89. The first-order valence-electron chi connectivity index (χ1n) is 5.81. The lowest BCUT2D eigenvalue weighted by atomic mass is 9.53. The van der Waals surface area contributed by atoms with Crippen molar-refractivity contribution in [3.63, 3.8) is 0 Å². The molecule has 3 nitrogen and oxygen atoms in total. The average Bonchev–Trinajstić information content (AvgIpc) is 2.10. The van der Waals surface area contributed by atoms with Gasteiger partial charge in [0, 0.05) is 18.8 Å². The van der Waals surface area contributed by atoms with E-state index in [9.17, 15) is 9.59 Å². The second-order valence-corrected chi connectivity index (χ2v) is 5.52. The summed E-state index contributed by atoms with van der Waals surface area (Å²) in [5, 5.41) is 0. The summed E-state index contributed by atoms with van der Waals surface area (Å²) in [5.74, 6) is 1.25. The van der Waals surface area contributed by atoms with E-state index in [0.717, 1.165) is 32.1 Å². The van der Waals surface area contributed by atoms with Crippen LogP contribution in [0.3, 0.4) is 0 Å². The van der Waals surface area contributed by atoms with Gasteiger partial charge in [-0.3, -0.25) is 9.59 Å². The SMILES string of the molecule is CC(=O)OC12CC3C[C@@H](C1)C(=O)[C@@H](C3)C2. The first kappa shape index (κ1) is 9.37. The van der Waals surface area contributed by atoms with Crippen molar-refractivity contribution in [3.8, 4) is 0 Å². The van der Waals surface area contributed by atoms with Crippen LogP contribution in [0.4, 0.5) is 0 Å². The fourth-order valence-electron chi connectivity index (χ4n) is 4.11. The number of Topliss-reactive ketones (excluding diaryl/α,β-unsaturated/α-hetero) is 1. The normalized spacial score (nSPS) is 47.0. The zero-order valence-electron chi connectivity index (χ0n) is 8.99. The Hall–Kier alpha value is -0.860. The minimum absolute atomic E-state index is 0.190. The number of hydrogen-bond acceptors (Lipinski definition) is 3. The maximum Gasteiger partial charge on any atom is 0.303 e. The first-order chi connectivity index (χ1) is 7.08.